The van der Waals surface area contributed by atoms with Crippen LogP contribution in [-0.2, 0) is 4.79 Å². The van der Waals surface area contributed by atoms with Crippen molar-refractivity contribution in [1.82, 2.24) is 0 Å². The molecular weight excluding hydrogens is 296 g/mol. The normalized spacial score (nSPS) is 13.1. The second kappa shape index (κ2) is 7.29. The minimum Gasteiger partial charge on any atom is -0.504 e. The number of aliphatic carboxylic acids is 1. The summed E-state index contributed by atoms with van der Waals surface area (Å²) in [5.41, 5.74) is 0.328. The molecule has 0 unspecified atom stereocenters. The minimum absolute atomic E-state index is 0.0396. The summed E-state index contributed by atoms with van der Waals surface area (Å²) in [6, 6.07) is 16.4. The molecule has 23 heavy (non-hydrogen) atoms. The number of carboxylic acids is 1. The maximum atomic E-state index is 11.5. The van der Waals surface area contributed by atoms with Crippen molar-refractivity contribution in [1.29, 1.82) is 0 Å². The fourth-order valence-corrected chi connectivity index (χ4v) is 2.17. The van der Waals surface area contributed by atoms with Crippen LogP contribution >= 0.6 is 0 Å². The van der Waals surface area contributed by atoms with Crippen molar-refractivity contribution >= 4 is 17.1 Å². The molecular formula is C18H16O5. The third-order valence-electron chi connectivity index (χ3n) is 3.30. The second-order valence-electron chi connectivity index (χ2n) is 4.75. The summed E-state index contributed by atoms with van der Waals surface area (Å²) in [7, 11) is 0. The summed E-state index contributed by atoms with van der Waals surface area (Å²) < 4.78 is 0. The first-order valence-corrected chi connectivity index (χ1v) is 6.87. The Morgan fingerprint density at radius 2 is 1.22 bits per heavy atom. The van der Waals surface area contributed by atoms with E-state index in [-0.39, 0.29) is 11.1 Å². The van der Waals surface area contributed by atoms with E-state index in [2.05, 4.69) is 0 Å². The predicted molar refractivity (Wildman–Crippen MR) is 86.7 cm³/mol. The monoisotopic (exact) mass is 312 g/mol. The number of benzene rings is 2. The van der Waals surface area contributed by atoms with Gasteiger partial charge in [0.2, 0.25) is 0 Å². The molecule has 0 fully saturated rings. The van der Waals surface area contributed by atoms with Crippen LogP contribution in [-0.4, -0.2) is 33.0 Å². The van der Waals surface area contributed by atoms with E-state index in [1.54, 1.807) is 48.5 Å². The zero-order chi connectivity index (χ0) is 16.8. The van der Waals surface area contributed by atoms with E-state index in [4.69, 9.17) is 0 Å². The Morgan fingerprint density at radius 1 is 0.739 bits per heavy atom. The van der Waals surface area contributed by atoms with Crippen molar-refractivity contribution in [2.45, 2.75) is 0 Å². The molecule has 0 atom stereocenters. The van der Waals surface area contributed by atoms with Crippen LogP contribution in [0.2, 0.25) is 0 Å². The van der Waals surface area contributed by atoms with Crippen LogP contribution in [0, 0.1) is 0 Å². The molecule has 4 N–H and O–H groups in total. The number of carbonyl (C=O) groups is 1. The van der Waals surface area contributed by atoms with Crippen LogP contribution < -0.4 is 0 Å². The number of hydrogen-bond donors (Lipinski definition) is 4. The Bertz CT molecular complexity index is 745. The van der Waals surface area contributed by atoms with Crippen LogP contribution in [0.3, 0.4) is 0 Å². The molecule has 5 heteroatoms. The molecule has 0 bridgehead atoms. The number of rotatable bonds is 5. The van der Waals surface area contributed by atoms with Crippen LogP contribution in [0.25, 0.3) is 11.1 Å². The van der Waals surface area contributed by atoms with E-state index < -0.39 is 29.7 Å². The first-order chi connectivity index (χ1) is 11.1. The SMILES string of the molecule is O=C(O)C(=C(O)C(O)=C(CO)c1ccccc1)c1ccccc1. The molecule has 0 aliphatic rings. The molecule has 118 valence electrons. The quantitative estimate of drug-likeness (QED) is 0.386. The summed E-state index contributed by atoms with van der Waals surface area (Å²) >= 11 is 0. The molecule has 5 nitrogen and oxygen atoms in total. The standard InChI is InChI=1S/C18H16O5/c19-11-14(12-7-3-1-4-8-12)16(20)17(21)15(18(22)23)13-9-5-2-6-10-13/h1-10,19-21H,11H2,(H,22,23). The van der Waals surface area contributed by atoms with E-state index >= 15 is 0 Å². The van der Waals surface area contributed by atoms with Gasteiger partial charge in [0.25, 0.3) is 0 Å². The lowest BCUT2D eigenvalue weighted by atomic mass is 10.00. The van der Waals surface area contributed by atoms with Gasteiger partial charge in [-0.25, -0.2) is 4.79 Å². The van der Waals surface area contributed by atoms with Gasteiger partial charge in [0.1, 0.15) is 5.57 Å². The summed E-state index contributed by atoms with van der Waals surface area (Å²) in [5, 5.41) is 39.4. The fraction of sp³-hybridized carbons (Fsp3) is 0.0556. The minimum atomic E-state index is -1.38. The lowest BCUT2D eigenvalue weighted by Gasteiger charge is -2.11. The van der Waals surface area contributed by atoms with Crippen LogP contribution in [0.5, 0.6) is 0 Å². The van der Waals surface area contributed by atoms with Gasteiger partial charge >= 0.3 is 5.97 Å². The van der Waals surface area contributed by atoms with Crippen molar-refractivity contribution < 1.29 is 25.2 Å². The van der Waals surface area contributed by atoms with E-state index in [0.29, 0.717) is 5.56 Å². The van der Waals surface area contributed by atoms with Gasteiger partial charge in [-0.3, -0.25) is 0 Å². The van der Waals surface area contributed by atoms with Crippen LogP contribution in [0.4, 0.5) is 0 Å². The first-order valence-electron chi connectivity index (χ1n) is 6.87. The Morgan fingerprint density at radius 3 is 1.65 bits per heavy atom. The molecule has 0 amide bonds. The number of aliphatic hydroxyl groups is 3. The maximum Gasteiger partial charge on any atom is 0.340 e. The highest BCUT2D eigenvalue weighted by molar-refractivity contribution is 6.16. The maximum absolute atomic E-state index is 11.5. The van der Waals surface area contributed by atoms with E-state index in [1.807, 2.05) is 0 Å². The molecule has 2 rings (SSSR count). The molecule has 0 heterocycles. The van der Waals surface area contributed by atoms with E-state index in [9.17, 15) is 25.2 Å². The molecule has 0 radical (unpaired) electrons. The molecule has 2 aromatic carbocycles. The number of carboxylic acid groups (broad SMARTS) is 1. The third-order valence-corrected chi connectivity index (χ3v) is 3.30. The zero-order valence-corrected chi connectivity index (χ0v) is 12.2. The van der Waals surface area contributed by atoms with Gasteiger partial charge in [-0.2, -0.15) is 0 Å². The summed E-state index contributed by atoms with van der Waals surface area (Å²) in [6.45, 7) is -0.554. The van der Waals surface area contributed by atoms with Crippen molar-refractivity contribution in [2.75, 3.05) is 6.61 Å². The van der Waals surface area contributed by atoms with Gasteiger partial charge in [-0.05, 0) is 11.1 Å². The Labute approximate surface area is 133 Å². The topological polar surface area (TPSA) is 98.0 Å². The fourth-order valence-electron chi connectivity index (χ4n) is 2.17. The third kappa shape index (κ3) is 3.59. The Hall–Kier alpha value is -3.05. The number of hydrogen-bond acceptors (Lipinski definition) is 4. The molecule has 0 saturated carbocycles. The Kier molecular flexibility index (Phi) is 5.17. The molecule has 0 spiro atoms. The first kappa shape index (κ1) is 16.3. The predicted octanol–water partition coefficient (Wildman–Crippen LogP) is 3.00. The van der Waals surface area contributed by atoms with Crippen LogP contribution in [0.1, 0.15) is 11.1 Å². The van der Waals surface area contributed by atoms with Gasteiger partial charge < -0.3 is 20.4 Å². The average molecular weight is 312 g/mol. The van der Waals surface area contributed by atoms with Gasteiger partial charge in [0.15, 0.2) is 11.5 Å². The highest BCUT2D eigenvalue weighted by atomic mass is 16.4. The average Bonchev–Trinajstić information content (AvgIpc) is 2.57. The van der Waals surface area contributed by atoms with Gasteiger partial charge in [0.05, 0.1) is 6.61 Å². The highest BCUT2D eigenvalue weighted by Gasteiger charge is 2.21. The largest absolute Gasteiger partial charge is 0.504 e. The lowest BCUT2D eigenvalue weighted by Crippen LogP contribution is -2.07. The molecule has 0 saturated heterocycles. The van der Waals surface area contributed by atoms with Crippen molar-refractivity contribution in [3.8, 4) is 0 Å². The molecule has 0 aliphatic heterocycles. The molecule has 0 aliphatic carbocycles. The molecule has 2 aromatic rings. The van der Waals surface area contributed by atoms with Gasteiger partial charge in [-0.15, -0.1) is 0 Å². The van der Waals surface area contributed by atoms with Crippen molar-refractivity contribution in [3.63, 3.8) is 0 Å². The van der Waals surface area contributed by atoms with Gasteiger partial charge in [-0.1, -0.05) is 60.7 Å². The van der Waals surface area contributed by atoms with Crippen LogP contribution in [0.15, 0.2) is 72.2 Å². The van der Waals surface area contributed by atoms with E-state index in [0.717, 1.165) is 0 Å². The smallest absolute Gasteiger partial charge is 0.340 e. The van der Waals surface area contributed by atoms with Crippen molar-refractivity contribution in [3.05, 3.63) is 83.3 Å². The van der Waals surface area contributed by atoms with E-state index in [1.165, 1.54) is 12.1 Å². The summed E-state index contributed by atoms with van der Waals surface area (Å²) in [5.74, 6) is -2.85. The number of aliphatic hydroxyl groups excluding tert-OH is 3. The van der Waals surface area contributed by atoms with Crippen molar-refractivity contribution in [2.24, 2.45) is 0 Å². The summed E-state index contributed by atoms with van der Waals surface area (Å²) in [4.78, 5) is 11.5. The molecule has 0 aromatic heterocycles. The Balaban J connectivity index is 2.64. The lowest BCUT2D eigenvalue weighted by molar-refractivity contribution is -0.130. The summed E-state index contributed by atoms with van der Waals surface area (Å²) in [6.07, 6.45) is 0. The van der Waals surface area contributed by atoms with Gasteiger partial charge in [0, 0.05) is 5.57 Å². The zero-order valence-electron chi connectivity index (χ0n) is 12.2. The highest BCUT2D eigenvalue weighted by Crippen LogP contribution is 2.26. The second-order valence-corrected chi connectivity index (χ2v) is 4.75.